The lowest BCUT2D eigenvalue weighted by molar-refractivity contribution is 0.172. The molecule has 0 aliphatic heterocycles. The molecule has 1 fully saturated rings. The number of alkyl halides is 1. The summed E-state index contributed by atoms with van der Waals surface area (Å²) in [6.07, 6.45) is 8.36. The predicted molar refractivity (Wildman–Crippen MR) is 89.6 cm³/mol. The van der Waals surface area contributed by atoms with E-state index in [-0.39, 0.29) is 0 Å². The number of thiophene rings is 1. The Kier molecular flexibility index (Phi) is 6.19. The minimum Gasteiger partial charge on any atom is -0.301 e. The Morgan fingerprint density at radius 1 is 1.26 bits per heavy atom. The van der Waals surface area contributed by atoms with E-state index in [0.29, 0.717) is 5.41 Å². The highest BCUT2D eigenvalue weighted by Gasteiger charge is 2.31. The molecule has 4 heteroatoms. The van der Waals surface area contributed by atoms with E-state index in [1.165, 1.54) is 49.9 Å². The number of hydrogen-bond donors (Lipinski definition) is 0. The Labute approximate surface area is 134 Å². The lowest BCUT2D eigenvalue weighted by Gasteiger charge is -2.35. The standard InChI is InChI=1S/C15H23BrClNS/c1-18(10-13-6-7-14(17)19-13)12-15(11-16)8-4-2-3-5-9-15/h6-7H,2-5,8-12H2,1H3. The van der Waals surface area contributed by atoms with Crippen LogP contribution in [0.4, 0.5) is 0 Å². The lowest BCUT2D eigenvalue weighted by atomic mass is 9.82. The molecule has 0 aromatic carbocycles. The fraction of sp³-hybridized carbons (Fsp3) is 0.733. The smallest absolute Gasteiger partial charge is 0.0931 e. The summed E-state index contributed by atoms with van der Waals surface area (Å²) < 4.78 is 0.896. The highest BCUT2D eigenvalue weighted by Crippen LogP contribution is 2.37. The predicted octanol–water partition coefficient (Wildman–Crippen LogP) is 5.57. The molecule has 1 aromatic heterocycles. The van der Waals surface area contributed by atoms with Crippen LogP contribution in [0, 0.1) is 5.41 Å². The Bertz CT molecular complexity index is 385. The molecule has 1 aliphatic carbocycles. The molecule has 1 heterocycles. The maximum absolute atomic E-state index is 6.00. The first kappa shape index (κ1) is 15.8. The molecule has 0 N–H and O–H groups in total. The molecule has 19 heavy (non-hydrogen) atoms. The number of hydrogen-bond acceptors (Lipinski definition) is 2. The number of nitrogens with zero attached hydrogens (tertiary/aromatic N) is 1. The van der Waals surface area contributed by atoms with Gasteiger partial charge >= 0.3 is 0 Å². The summed E-state index contributed by atoms with van der Waals surface area (Å²) >= 11 is 11.5. The van der Waals surface area contributed by atoms with E-state index < -0.39 is 0 Å². The van der Waals surface area contributed by atoms with Crippen molar-refractivity contribution < 1.29 is 0 Å². The van der Waals surface area contributed by atoms with Gasteiger partial charge in [0.15, 0.2) is 0 Å². The zero-order valence-electron chi connectivity index (χ0n) is 11.6. The Morgan fingerprint density at radius 2 is 1.95 bits per heavy atom. The second kappa shape index (κ2) is 7.44. The Morgan fingerprint density at radius 3 is 2.47 bits per heavy atom. The van der Waals surface area contributed by atoms with Crippen LogP contribution >= 0.6 is 38.9 Å². The van der Waals surface area contributed by atoms with Crippen molar-refractivity contribution >= 4 is 38.9 Å². The first-order valence-corrected chi connectivity index (χ1v) is 9.44. The largest absolute Gasteiger partial charge is 0.301 e. The second-order valence-corrected chi connectivity index (χ2v) is 8.29. The van der Waals surface area contributed by atoms with Crippen molar-refractivity contribution in [2.24, 2.45) is 5.41 Å². The SMILES string of the molecule is CN(Cc1ccc(Cl)s1)CC1(CBr)CCCCCC1. The van der Waals surface area contributed by atoms with Gasteiger partial charge in [0.1, 0.15) is 0 Å². The molecule has 0 bridgehead atoms. The maximum atomic E-state index is 6.00. The van der Waals surface area contributed by atoms with Crippen LogP contribution < -0.4 is 0 Å². The molecule has 1 nitrogen and oxygen atoms in total. The van der Waals surface area contributed by atoms with Crippen LogP contribution in [0.15, 0.2) is 12.1 Å². The van der Waals surface area contributed by atoms with Gasteiger partial charge in [0.25, 0.3) is 0 Å². The van der Waals surface area contributed by atoms with E-state index >= 15 is 0 Å². The van der Waals surface area contributed by atoms with Gasteiger partial charge in [-0.3, -0.25) is 0 Å². The highest BCUT2D eigenvalue weighted by atomic mass is 79.9. The van der Waals surface area contributed by atoms with Gasteiger partial charge in [-0.15, -0.1) is 11.3 Å². The van der Waals surface area contributed by atoms with Gasteiger partial charge in [-0.2, -0.15) is 0 Å². The van der Waals surface area contributed by atoms with Crippen molar-refractivity contribution in [3.05, 3.63) is 21.3 Å². The van der Waals surface area contributed by atoms with E-state index in [4.69, 9.17) is 11.6 Å². The third kappa shape index (κ3) is 4.73. The fourth-order valence-corrected chi connectivity index (χ4v) is 5.05. The quantitative estimate of drug-likeness (QED) is 0.487. The Balaban J connectivity index is 1.93. The summed E-state index contributed by atoms with van der Waals surface area (Å²) in [4.78, 5) is 3.83. The number of rotatable bonds is 5. The average molecular weight is 365 g/mol. The van der Waals surface area contributed by atoms with Crippen LogP contribution in [-0.2, 0) is 6.54 Å². The fourth-order valence-electron chi connectivity index (χ4n) is 3.14. The van der Waals surface area contributed by atoms with Crippen LogP contribution in [0.2, 0.25) is 4.34 Å². The van der Waals surface area contributed by atoms with Gasteiger partial charge in [0, 0.05) is 23.3 Å². The van der Waals surface area contributed by atoms with Crippen molar-refractivity contribution in [3.63, 3.8) is 0 Å². The summed E-state index contributed by atoms with van der Waals surface area (Å²) in [6.45, 7) is 2.21. The maximum Gasteiger partial charge on any atom is 0.0931 e. The topological polar surface area (TPSA) is 3.24 Å². The van der Waals surface area contributed by atoms with E-state index in [9.17, 15) is 0 Å². The van der Waals surface area contributed by atoms with Gasteiger partial charge in [-0.05, 0) is 37.4 Å². The van der Waals surface area contributed by atoms with E-state index in [1.54, 1.807) is 11.3 Å². The van der Waals surface area contributed by atoms with Gasteiger partial charge < -0.3 is 4.90 Å². The second-order valence-electron chi connectivity index (χ2n) is 5.93. The summed E-state index contributed by atoms with van der Waals surface area (Å²) in [6, 6.07) is 4.15. The van der Waals surface area contributed by atoms with E-state index in [0.717, 1.165) is 16.2 Å². The van der Waals surface area contributed by atoms with Crippen molar-refractivity contribution in [2.45, 2.75) is 45.1 Å². The first-order valence-electron chi connectivity index (χ1n) is 7.12. The molecule has 0 spiro atoms. The van der Waals surface area contributed by atoms with Crippen molar-refractivity contribution in [1.29, 1.82) is 0 Å². The van der Waals surface area contributed by atoms with Gasteiger partial charge in [0.2, 0.25) is 0 Å². The molecular formula is C15H23BrClNS. The molecule has 0 amide bonds. The van der Waals surface area contributed by atoms with Gasteiger partial charge in [-0.25, -0.2) is 0 Å². The van der Waals surface area contributed by atoms with Crippen molar-refractivity contribution in [1.82, 2.24) is 4.90 Å². The summed E-state index contributed by atoms with van der Waals surface area (Å²) in [5, 5.41) is 1.13. The zero-order valence-corrected chi connectivity index (χ0v) is 14.8. The van der Waals surface area contributed by atoms with Crippen LogP contribution in [0.1, 0.15) is 43.4 Å². The molecule has 0 atom stereocenters. The summed E-state index contributed by atoms with van der Waals surface area (Å²) in [7, 11) is 2.24. The molecule has 108 valence electrons. The van der Waals surface area contributed by atoms with E-state index in [1.807, 2.05) is 6.07 Å². The molecule has 0 radical (unpaired) electrons. The minimum absolute atomic E-state index is 0.478. The third-order valence-electron chi connectivity index (χ3n) is 4.11. The van der Waals surface area contributed by atoms with Crippen LogP contribution in [-0.4, -0.2) is 23.8 Å². The minimum atomic E-state index is 0.478. The van der Waals surface area contributed by atoms with Crippen LogP contribution in [0.5, 0.6) is 0 Å². The van der Waals surface area contributed by atoms with Crippen LogP contribution in [0.25, 0.3) is 0 Å². The van der Waals surface area contributed by atoms with Gasteiger partial charge in [0.05, 0.1) is 4.34 Å². The van der Waals surface area contributed by atoms with Crippen LogP contribution in [0.3, 0.4) is 0 Å². The molecule has 1 aliphatic rings. The zero-order chi connectivity index (χ0) is 13.7. The normalized spacial score (nSPS) is 19.6. The average Bonchev–Trinajstić information content (AvgIpc) is 2.65. The Hall–Kier alpha value is 0.430. The lowest BCUT2D eigenvalue weighted by Crippen LogP contribution is -2.36. The van der Waals surface area contributed by atoms with E-state index in [2.05, 4.69) is 33.9 Å². The van der Waals surface area contributed by atoms with Gasteiger partial charge in [-0.1, -0.05) is 53.2 Å². The molecule has 1 saturated carbocycles. The molecule has 0 unspecified atom stereocenters. The number of halogens is 2. The molecular weight excluding hydrogens is 342 g/mol. The first-order chi connectivity index (χ1) is 9.13. The summed E-state index contributed by atoms with van der Waals surface area (Å²) in [5.74, 6) is 0. The molecule has 1 aromatic rings. The molecule has 0 saturated heterocycles. The van der Waals surface area contributed by atoms with Crippen molar-refractivity contribution in [2.75, 3.05) is 18.9 Å². The van der Waals surface area contributed by atoms with Crippen molar-refractivity contribution in [3.8, 4) is 0 Å². The summed E-state index contributed by atoms with van der Waals surface area (Å²) in [5.41, 5.74) is 0.478. The highest BCUT2D eigenvalue weighted by molar-refractivity contribution is 9.09. The monoisotopic (exact) mass is 363 g/mol. The molecule has 2 rings (SSSR count). The third-order valence-corrected chi connectivity index (χ3v) is 6.51.